The fraction of sp³-hybridized carbons (Fsp3) is 0.133. The van der Waals surface area contributed by atoms with Gasteiger partial charge in [0.05, 0.1) is 11.6 Å². The van der Waals surface area contributed by atoms with E-state index in [1.807, 2.05) is 43.3 Å². The molecule has 0 aromatic heterocycles. The standard InChI is InChI=1S/C15H11NO2/c1-10-2-3-11(8-16)6-13(10)12-4-5-14-15(7-12)18-9-17-14/h2-7H,9H2,1H3. The van der Waals surface area contributed by atoms with Gasteiger partial charge in [0, 0.05) is 0 Å². The molecule has 0 aliphatic carbocycles. The van der Waals surface area contributed by atoms with Crippen molar-refractivity contribution in [3.8, 4) is 28.7 Å². The van der Waals surface area contributed by atoms with E-state index in [9.17, 15) is 0 Å². The van der Waals surface area contributed by atoms with Gasteiger partial charge in [-0.25, -0.2) is 0 Å². The topological polar surface area (TPSA) is 42.2 Å². The Morgan fingerprint density at radius 1 is 1.06 bits per heavy atom. The Kier molecular flexibility index (Phi) is 2.42. The number of aryl methyl sites for hydroxylation is 1. The molecule has 0 unspecified atom stereocenters. The normalized spacial score (nSPS) is 12.2. The van der Waals surface area contributed by atoms with Crippen LogP contribution in [0.2, 0.25) is 0 Å². The maximum Gasteiger partial charge on any atom is 0.231 e. The zero-order valence-corrected chi connectivity index (χ0v) is 9.93. The highest BCUT2D eigenvalue weighted by atomic mass is 16.7. The third-order valence-corrected chi connectivity index (χ3v) is 3.05. The van der Waals surface area contributed by atoms with Crippen LogP contribution in [-0.2, 0) is 0 Å². The van der Waals surface area contributed by atoms with Gasteiger partial charge in [-0.2, -0.15) is 5.26 Å². The van der Waals surface area contributed by atoms with Gasteiger partial charge in [-0.3, -0.25) is 0 Å². The molecule has 18 heavy (non-hydrogen) atoms. The molecule has 88 valence electrons. The molecule has 0 atom stereocenters. The van der Waals surface area contributed by atoms with Gasteiger partial charge in [-0.05, 0) is 47.9 Å². The summed E-state index contributed by atoms with van der Waals surface area (Å²) < 4.78 is 10.7. The number of hydrogen-bond donors (Lipinski definition) is 0. The van der Waals surface area contributed by atoms with Crippen LogP contribution in [0.3, 0.4) is 0 Å². The first-order valence-corrected chi connectivity index (χ1v) is 5.69. The molecule has 3 nitrogen and oxygen atoms in total. The summed E-state index contributed by atoms with van der Waals surface area (Å²) in [6.45, 7) is 2.30. The minimum Gasteiger partial charge on any atom is -0.454 e. The summed E-state index contributed by atoms with van der Waals surface area (Å²) in [5.74, 6) is 1.53. The van der Waals surface area contributed by atoms with Crippen molar-refractivity contribution in [3.05, 3.63) is 47.5 Å². The van der Waals surface area contributed by atoms with E-state index >= 15 is 0 Å². The second-order valence-electron chi connectivity index (χ2n) is 4.21. The predicted molar refractivity (Wildman–Crippen MR) is 67.5 cm³/mol. The maximum atomic E-state index is 8.96. The summed E-state index contributed by atoms with van der Waals surface area (Å²) >= 11 is 0. The second-order valence-corrected chi connectivity index (χ2v) is 4.21. The lowest BCUT2D eigenvalue weighted by Gasteiger charge is -2.07. The van der Waals surface area contributed by atoms with E-state index in [4.69, 9.17) is 14.7 Å². The van der Waals surface area contributed by atoms with Crippen molar-refractivity contribution >= 4 is 0 Å². The van der Waals surface area contributed by atoms with Crippen molar-refractivity contribution in [3.63, 3.8) is 0 Å². The molecule has 1 aliphatic rings. The molecule has 0 saturated carbocycles. The van der Waals surface area contributed by atoms with Crippen LogP contribution in [-0.4, -0.2) is 6.79 Å². The molecule has 0 bridgehead atoms. The van der Waals surface area contributed by atoms with Crippen LogP contribution in [0.25, 0.3) is 11.1 Å². The fourth-order valence-corrected chi connectivity index (χ4v) is 2.07. The van der Waals surface area contributed by atoms with Gasteiger partial charge in [0.2, 0.25) is 6.79 Å². The zero-order valence-electron chi connectivity index (χ0n) is 9.93. The highest BCUT2D eigenvalue weighted by Crippen LogP contribution is 2.36. The Labute approximate surface area is 105 Å². The molecule has 1 heterocycles. The molecule has 0 saturated heterocycles. The molecule has 0 N–H and O–H groups in total. The van der Waals surface area contributed by atoms with E-state index in [1.54, 1.807) is 0 Å². The molecule has 0 radical (unpaired) electrons. The Morgan fingerprint density at radius 2 is 1.89 bits per heavy atom. The zero-order chi connectivity index (χ0) is 12.5. The van der Waals surface area contributed by atoms with Crippen LogP contribution in [0.1, 0.15) is 11.1 Å². The Hall–Kier alpha value is -2.47. The van der Waals surface area contributed by atoms with E-state index in [0.29, 0.717) is 5.56 Å². The lowest BCUT2D eigenvalue weighted by Crippen LogP contribution is -1.92. The van der Waals surface area contributed by atoms with E-state index in [2.05, 4.69) is 6.07 Å². The Balaban J connectivity index is 2.12. The highest BCUT2D eigenvalue weighted by Gasteiger charge is 2.14. The molecule has 1 aliphatic heterocycles. The molecular weight excluding hydrogens is 226 g/mol. The van der Waals surface area contributed by atoms with Gasteiger partial charge in [0.1, 0.15) is 0 Å². The van der Waals surface area contributed by atoms with Crippen molar-refractivity contribution in [1.29, 1.82) is 5.26 Å². The van der Waals surface area contributed by atoms with E-state index in [1.165, 1.54) is 0 Å². The second kappa shape index (κ2) is 4.08. The third kappa shape index (κ3) is 1.68. The minimum absolute atomic E-state index is 0.274. The first-order valence-electron chi connectivity index (χ1n) is 5.69. The average molecular weight is 237 g/mol. The monoisotopic (exact) mass is 237 g/mol. The first kappa shape index (κ1) is 10.7. The van der Waals surface area contributed by atoms with Crippen molar-refractivity contribution in [2.45, 2.75) is 6.92 Å². The predicted octanol–water partition coefficient (Wildman–Crippen LogP) is 3.26. The molecule has 2 aromatic rings. The van der Waals surface area contributed by atoms with Crippen LogP contribution >= 0.6 is 0 Å². The number of ether oxygens (including phenoxy) is 2. The van der Waals surface area contributed by atoms with Gasteiger partial charge >= 0.3 is 0 Å². The molecular formula is C15H11NO2. The summed E-state index contributed by atoms with van der Waals surface area (Å²) in [5, 5.41) is 8.96. The Bertz CT molecular complexity index is 656. The smallest absolute Gasteiger partial charge is 0.231 e. The molecule has 0 fully saturated rings. The molecule has 3 heteroatoms. The third-order valence-electron chi connectivity index (χ3n) is 3.05. The molecule has 2 aromatic carbocycles. The van der Waals surface area contributed by atoms with Crippen molar-refractivity contribution < 1.29 is 9.47 Å². The summed E-state index contributed by atoms with van der Waals surface area (Å²) in [6, 6.07) is 13.7. The van der Waals surface area contributed by atoms with Gasteiger partial charge in [-0.1, -0.05) is 12.1 Å². The van der Waals surface area contributed by atoms with Gasteiger partial charge in [0.15, 0.2) is 11.5 Å². The van der Waals surface area contributed by atoms with Gasteiger partial charge in [0.25, 0.3) is 0 Å². The van der Waals surface area contributed by atoms with Gasteiger partial charge < -0.3 is 9.47 Å². The van der Waals surface area contributed by atoms with Crippen LogP contribution < -0.4 is 9.47 Å². The number of hydrogen-bond acceptors (Lipinski definition) is 3. The summed E-state index contributed by atoms with van der Waals surface area (Å²) in [7, 11) is 0. The number of nitriles is 1. The number of fused-ring (bicyclic) bond motifs is 1. The van der Waals surface area contributed by atoms with Crippen LogP contribution in [0, 0.1) is 18.3 Å². The quantitative estimate of drug-likeness (QED) is 0.764. The minimum atomic E-state index is 0.274. The fourth-order valence-electron chi connectivity index (χ4n) is 2.07. The number of nitrogens with zero attached hydrogens (tertiary/aromatic N) is 1. The van der Waals surface area contributed by atoms with Crippen LogP contribution in [0.15, 0.2) is 36.4 Å². The van der Waals surface area contributed by atoms with Crippen molar-refractivity contribution in [1.82, 2.24) is 0 Å². The lowest BCUT2D eigenvalue weighted by molar-refractivity contribution is 0.174. The van der Waals surface area contributed by atoms with E-state index in [0.717, 1.165) is 28.2 Å². The Morgan fingerprint density at radius 3 is 2.72 bits per heavy atom. The van der Waals surface area contributed by atoms with Crippen molar-refractivity contribution in [2.24, 2.45) is 0 Å². The molecule has 3 rings (SSSR count). The van der Waals surface area contributed by atoms with E-state index in [-0.39, 0.29) is 6.79 Å². The lowest BCUT2D eigenvalue weighted by atomic mass is 9.98. The number of rotatable bonds is 1. The summed E-state index contributed by atoms with van der Waals surface area (Å²) in [6.07, 6.45) is 0. The largest absolute Gasteiger partial charge is 0.454 e. The molecule has 0 amide bonds. The van der Waals surface area contributed by atoms with Gasteiger partial charge in [-0.15, -0.1) is 0 Å². The highest BCUT2D eigenvalue weighted by molar-refractivity contribution is 5.71. The SMILES string of the molecule is Cc1ccc(C#N)cc1-c1ccc2c(c1)OCO2. The average Bonchev–Trinajstić information content (AvgIpc) is 2.86. The maximum absolute atomic E-state index is 8.96. The summed E-state index contributed by atoms with van der Waals surface area (Å²) in [5.41, 5.74) is 3.88. The van der Waals surface area contributed by atoms with Crippen LogP contribution in [0.5, 0.6) is 11.5 Å². The molecule has 0 spiro atoms. The summed E-state index contributed by atoms with van der Waals surface area (Å²) in [4.78, 5) is 0. The first-order chi connectivity index (χ1) is 8.78. The number of benzene rings is 2. The van der Waals surface area contributed by atoms with Crippen LogP contribution in [0.4, 0.5) is 0 Å². The van der Waals surface area contributed by atoms with E-state index < -0.39 is 0 Å². The van der Waals surface area contributed by atoms with Crippen molar-refractivity contribution in [2.75, 3.05) is 6.79 Å².